The number of carbonyl (C=O) groups excluding carboxylic acids is 3. The van der Waals surface area contributed by atoms with Crippen molar-refractivity contribution >= 4 is 29.5 Å². The molecule has 4 aromatic carbocycles. The lowest BCUT2D eigenvalue weighted by Crippen LogP contribution is -2.30. The molecule has 0 saturated heterocycles. The Labute approximate surface area is 263 Å². The molecule has 0 fully saturated rings. The second-order valence-corrected chi connectivity index (χ2v) is 10.7. The van der Waals surface area contributed by atoms with Gasteiger partial charge in [-0.3, -0.25) is 15.5 Å². The van der Waals surface area contributed by atoms with Crippen molar-refractivity contribution in [1.29, 1.82) is 5.41 Å². The Morgan fingerprint density at radius 2 is 1.49 bits per heavy atom. The Hall–Kier alpha value is -5.44. The molecular formula is C36H38N4O5. The molecule has 0 heterocycles. The van der Waals surface area contributed by atoms with Crippen molar-refractivity contribution in [2.75, 3.05) is 18.5 Å². The van der Waals surface area contributed by atoms with Crippen molar-refractivity contribution in [3.63, 3.8) is 0 Å². The first-order valence-corrected chi connectivity index (χ1v) is 14.8. The van der Waals surface area contributed by atoms with Crippen LogP contribution in [0.4, 0.5) is 10.5 Å². The molecule has 9 heteroatoms. The van der Waals surface area contributed by atoms with Crippen molar-refractivity contribution < 1.29 is 23.9 Å². The molecule has 0 bridgehead atoms. The van der Waals surface area contributed by atoms with Gasteiger partial charge in [-0.15, -0.1) is 0 Å². The zero-order valence-electron chi connectivity index (χ0n) is 25.7. The second-order valence-electron chi connectivity index (χ2n) is 10.7. The third-order valence-corrected chi connectivity index (χ3v) is 6.85. The molecule has 0 atom stereocenters. The zero-order valence-corrected chi connectivity index (χ0v) is 25.7. The maximum atomic E-state index is 13.0. The molecule has 2 amide bonds. The summed E-state index contributed by atoms with van der Waals surface area (Å²) in [7, 11) is 0. The van der Waals surface area contributed by atoms with Gasteiger partial charge >= 0.3 is 12.1 Å². The summed E-state index contributed by atoms with van der Waals surface area (Å²) in [4.78, 5) is 37.9. The van der Waals surface area contributed by atoms with E-state index in [0.717, 1.165) is 22.4 Å². The number of alkyl carbamates (subject to hydrolysis) is 1. The third kappa shape index (κ3) is 9.27. The Balaban J connectivity index is 1.44. The van der Waals surface area contributed by atoms with Gasteiger partial charge in [0.25, 0.3) is 5.91 Å². The highest BCUT2D eigenvalue weighted by Crippen LogP contribution is 2.30. The van der Waals surface area contributed by atoms with Crippen LogP contribution in [0.15, 0.2) is 97.1 Å². The number of rotatable bonds is 12. The molecule has 0 unspecified atom stereocenters. The fourth-order valence-corrected chi connectivity index (χ4v) is 4.52. The van der Waals surface area contributed by atoms with Gasteiger partial charge in [0.05, 0.1) is 12.2 Å². The van der Waals surface area contributed by atoms with Crippen LogP contribution in [-0.2, 0) is 22.6 Å². The van der Waals surface area contributed by atoms with Crippen LogP contribution in [0, 0.1) is 11.3 Å². The Morgan fingerprint density at radius 1 is 0.800 bits per heavy atom. The average molecular weight is 607 g/mol. The van der Waals surface area contributed by atoms with E-state index in [-0.39, 0.29) is 25.0 Å². The SMILES string of the molecule is CCOC(=O)c1cc(C(=O)NCC(C)C)ccc1-c1ccccc1CNc1ccc(C(=N)NC(=O)OCc2ccccc2)cc1. The van der Waals surface area contributed by atoms with E-state index in [1.54, 1.807) is 37.3 Å². The van der Waals surface area contributed by atoms with Gasteiger partial charge in [0.1, 0.15) is 12.4 Å². The summed E-state index contributed by atoms with van der Waals surface area (Å²) in [5.41, 5.74) is 5.32. The van der Waals surface area contributed by atoms with Gasteiger partial charge in [-0.2, -0.15) is 0 Å². The van der Waals surface area contributed by atoms with Gasteiger partial charge in [0, 0.05) is 29.9 Å². The van der Waals surface area contributed by atoms with Crippen LogP contribution >= 0.6 is 0 Å². The molecule has 0 aliphatic rings. The number of hydrogen-bond donors (Lipinski definition) is 4. The molecule has 4 N–H and O–H groups in total. The topological polar surface area (TPSA) is 130 Å². The Morgan fingerprint density at radius 3 is 2.20 bits per heavy atom. The minimum absolute atomic E-state index is 0.0715. The summed E-state index contributed by atoms with van der Waals surface area (Å²) in [5, 5.41) is 17.0. The summed E-state index contributed by atoms with van der Waals surface area (Å²) >= 11 is 0. The van der Waals surface area contributed by atoms with Gasteiger partial charge in [-0.1, -0.05) is 74.5 Å². The monoisotopic (exact) mass is 606 g/mol. The third-order valence-electron chi connectivity index (χ3n) is 6.85. The minimum atomic E-state index is -0.700. The van der Waals surface area contributed by atoms with Crippen LogP contribution in [-0.4, -0.2) is 37.0 Å². The fourth-order valence-electron chi connectivity index (χ4n) is 4.52. The molecule has 0 aliphatic heterocycles. The van der Waals surface area contributed by atoms with Gasteiger partial charge in [-0.25, -0.2) is 9.59 Å². The quantitative estimate of drug-likeness (QED) is 0.0799. The molecule has 0 spiro atoms. The number of amidine groups is 1. The maximum Gasteiger partial charge on any atom is 0.413 e. The molecule has 0 saturated carbocycles. The highest BCUT2D eigenvalue weighted by atomic mass is 16.5. The van der Waals surface area contributed by atoms with Crippen molar-refractivity contribution in [3.05, 3.63) is 125 Å². The molecule has 0 radical (unpaired) electrons. The standard InChI is InChI=1S/C36H38N4O5/c1-4-44-35(42)32-20-27(34(41)39-21-24(2)3)16-19-31(32)30-13-9-8-12-28(30)22-38-29-17-14-26(15-18-29)33(37)40-36(43)45-23-25-10-6-5-7-11-25/h5-20,24,38H,4,21-23H2,1-3H3,(H,39,41)(H2,37,40,43). The molecular weight excluding hydrogens is 568 g/mol. The van der Waals surface area contributed by atoms with E-state index in [4.69, 9.17) is 14.9 Å². The van der Waals surface area contributed by atoms with Crippen LogP contribution < -0.4 is 16.0 Å². The molecule has 232 valence electrons. The number of benzene rings is 4. The predicted molar refractivity (Wildman–Crippen MR) is 175 cm³/mol. The van der Waals surface area contributed by atoms with E-state index in [0.29, 0.717) is 41.3 Å². The van der Waals surface area contributed by atoms with E-state index in [1.165, 1.54) is 0 Å². The van der Waals surface area contributed by atoms with Crippen molar-refractivity contribution in [2.45, 2.75) is 33.9 Å². The molecule has 0 aromatic heterocycles. The summed E-state index contributed by atoms with van der Waals surface area (Å²) in [6.07, 6.45) is -0.700. The predicted octanol–water partition coefficient (Wildman–Crippen LogP) is 6.78. The lowest BCUT2D eigenvalue weighted by Gasteiger charge is -2.16. The van der Waals surface area contributed by atoms with E-state index < -0.39 is 12.1 Å². The molecule has 45 heavy (non-hydrogen) atoms. The van der Waals surface area contributed by atoms with Crippen LogP contribution in [0.5, 0.6) is 0 Å². The number of nitrogens with one attached hydrogen (secondary N) is 4. The van der Waals surface area contributed by atoms with Crippen molar-refractivity contribution in [1.82, 2.24) is 10.6 Å². The lowest BCUT2D eigenvalue weighted by molar-refractivity contribution is 0.0527. The zero-order chi connectivity index (χ0) is 32.2. The van der Waals surface area contributed by atoms with Gasteiger partial charge < -0.3 is 20.1 Å². The van der Waals surface area contributed by atoms with E-state index in [2.05, 4.69) is 16.0 Å². The number of amides is 2. The minimum Gasteiger partial charge on any atom is -0.462 e. The normalized spacial score (nSPS) is 10.6. The van der Waals surface area contributed by atoms with E-state index in [9.17, 15) is 14.4 Å². The van der Waals surface area contributed by atoms with Gasteiger partial charge in [-0.05, 0) is 71.5 Å². The lowest BCUT2D eigenvalue weighted by atomic mass is 9.93. The largest absolute Gasteiger partial charge is 0.462 e. The second kappa shape index (κ2) is 15.9. The summed E-state index contributed by atoms with van der Waals surface area (Å²) in [6.45, 7) is 7.07. The van der Waals surface area contributed by atoms with Crippen molar-refractivity contribution in [3.8, 4) is 11.1 Å². The molecule has 0 aliphatic carbocycles. The summed E-state index contributed by atoms with van der Waals surface area (Å²) in [5.74, 6) is -0.514. The smallest absolute Gasteiger partial charge is 0.413 e. The Bertz CT molecular complexity index is 1640. The van der Waals surface area contributed by atoms with Crippen LogP contribution in [0.2, 0.25) is 0 Å². The highest BCUT2D eigenvalue weighted by Gasteiger charge is 2.19. The fraction of sp³-hybridized carbons (Fsp3) is 0.222. The van der Waals surface area contributed by atoms with Crippen LogP contribution in [0.3, 0.4) is 0 Å². The Kier molecular flexibility index (Phi) is 11.4. The first-order valence-electron chi connectivity index (χ1n) is 14.8. The van der Waals surface area contributed by atoms with E-state index in [1.807, 2.05) is 80.6 Å². The number of carbonyl (C=O) groups is 3. The van der Waals surface area contributed by atoms with Crippen molar-refractivity contribution in [2.24, 2.45) is 5.92 Å². The number of esters is 1. The first kappa shape index (κ1) is 32.5. The van der Waals surface area contributed by atoms with E-state index >= 15 is 0 Å². The van der Waals surface area contributed by atoms with Crippen LogP contribution in [0.1, 0.15) is 58.2 Å². The number of anilines is 1. The maximum absolute atomic E-state index is 13.0. The molecule has 4 rings (SSSR count). The first-order chi connectivity index (χ1) is 21.7. The number of ether oxygens (including phenoxy) is 2. The highest BCUT2D eigenvalue weighted by molar-refractivity contribution is 6.05. The molecule has 9 nitrogen and oxygen atoms in total. The summed E-state index contributed by atoms with van der Waals surface area (Å²) < 4.78 is 10.5. The summed E-state index contributed by atoms with van der Waals surface area (Å²) in [6, 6.07) is 29.2. The average Bonchev–Trinajstić information content (AvgIpc) is 3.06. The molecule has 4 aromatic rings. The number of hydrogen-bond acceptors (Lipinski definition) is 7. The van der Waals surface area contributed by atoms with Gasteiger partial charge in [0.2, 0.25) is 0 Å². The van der Waals surface area contributed by atoms with Crippen LogP contribution in [0.25, 0.3) is 11.1 Å². The van der Waals surface area contributed by atoms with Gasteiger partial charge in [0.15, 0.2) is 0 Å².